The molecule has 4 heteroatoms. The molecule has 1 aliphatic heterocycles. The van der Waals surface area contributed by atoms with Crippen LogP contribution in [0.15, 0.2) is 23.3 Å². The SMILES string of the molecule is C=CC[C@H]1CNC(=O)c2cc(Br)[nH]c21. The predicted molar refractivity (Wildman–Crippen MR) is 58.4 cm³/mol. The number of H-pyrrole nitrogens is 1. The molecule has 2 heterocycles. The van der Waals surface area contributed by atoms with E-state index in [4.69, 9.17) is 0 Å². The lowest BCUT2D eigenvalue weighted by Gasteiger charge is -2.21. The number of allylic oxidation sites excluding steroid dienone is 1. The summed E-state index contributed by atoms with van der Waals surface area (Å²) < 4.78 is 0.855. The van der Waals surface area contributed by atoms with Gasteiger partial charge in [0.15, 0.2) is 0 Å². The Kier molecular flexibility index (Phi) is 2.46. The number of halogens is 1. The predicted octanol–water partition coefficient (Wildman–Crippen LogP) is 2.18. The lowest BCUT2D eigenvalue weighted by Crippen LogP contribution is -2.34. The van der Waals surface area contributed by atoms with E-state index in [0.29, 0.717) is 12.5 Å². The minimum Gasteiger partial charge on any atom is -0.352 e. The lowest BCUT2D eigenvalue weighted by atomic mass is 9.95. The second-order valence-corrected chi connectivity index (χ2v) is 4.23. The Morgan fingerprint density at radius 2 is 2.50 bits per heavy atom. The van der Waals surface area contributed by atoms with Gasteiger partial charge in [-0.3, -0.25) is 4.79 Å². The molecule has 3 nitrogen and oxygen atoms in total. The van der Waals surface area contributed by atoms with Gasteiger partial charge in [0, 0.05) is 18.2 Å². The molecule has 1 atom stereocenters. The summed E-state index contributed by atoms with van der Waals surface area (Å²) in [4.78, 5) is 14.6. The van der Waals surface area contributed by atoms with Gasteiger partial charge in [-0.25, -0.2) is 0 Å². The number of amides is 1. The molecule has 2 N–H and O–H groups in total. The Morgan fingerprint density at radius 3 is 3.21 bits per heavy atom. The quantitative estimate of drug-likeness (QED) is 0.781. The first-order valence-corrected chi connectivity index (χ1v) is 5.29. The van der Waals surface area contributed by atoms with Gasteiger partial charge in [0.05, 0.1) is 10.2 Å². The molecule has 1 aromatic heterocycles. The van der Waals surface area contributed by atoms with E-state index in [1.807, 2.05) is 12.1 Å². The number of hydrogen-bond donors (Lipinski definition) is 2. The fraction of sp³-hybridized carbons (Fsp3) is 0.300. The van der Waals surface area contributed by atoms with E-state index in [-0.39, 0.29) is 5.91 Å². The van der Waals surface area contributed by atoms with Crippen molar-refractivity contribution in [2.75, 3.05) is 6.54 Å². The average molecular weight is 255 g/mol. The molecule has 1 aromatic rings. The fourth-order valence-corrected chi connectivity index (χ4v) is 2.20. The summed E-state index contributed by atoms with van der Waals surface area (Å²) in [6, 6.07) is 1.82. The lowest BCUT2D eigenvalue weighted by molar-refractivity contribution is 0.0940. The van der Waals surface area contributed by atoms with Crippen LogP contribution in [0.4, 0.5) is 0 Å². The molecule has 1 aliphatic rings. The number of nitrogens with one attached hydrogen (secondary N) is 2. The summed E-state index contributed by atoms with van der Waals surface area (Å²) in [5.74, 6) is 0.328. The third-order valence-corrected chi connectivity index (χ3v) is 2.86. The first kappa shape index (κ1) is 9.52. The summed E-state index contributed by atoms with van der Waals surface area (Å²) in [6.07, 6.45) is 2.75. The molecule has 0 radical (unpaired) electrons. The molecule has 0 aromatic carbocycles. The zero-order valence-electron chi connectivity index (χ0n) is 7.64. The highest BCUT2D eigenvalue weighted by molar-refractivity contribution is 9.10. The van der Waals surface area contributed by atoms with Crippen LogP contribution in [-0.2, 0) is 0 Å². The highest BCUT2D eigenvalue weighted by Crippen LogP contribution is 2.28. The standard InChI is InChI=1S/C10H11BrN2O/c1-2-3-6-5-12-10(14)7-4-8(11)13-9(6)7/h2,4,6,13H,1,3,5H2,(H,12,14)/t6-/m0/s1. The van der Waals surface area contributed by atoms with E-state index in [1.54, 1.807) is 0 Å². The van der Waals surface area contributed by atoms with E-state index < -0.39 is 0 Å². The Morgan fingerprint density at radius 1 is 1.71 bits per heavy atom. The molecule has 0 aliphatic carbocycles. The topological polar surface area (TPSA) is 44.9 Å². The normalized spacial score (nSPS) is 20.1. The molecular formula is C10H11BrN2O. The van der Waals surface area contributed by atoms with Crippen molar-refractivity contribution in [3.05, 3.63) is 34.6 Å². The van der Waals surface area contributed by atoms with Crippen molar-refractivity contribution in [1.82, 2.24) is 10.3 Å². The van der Waals surface area contributed by atoms with Crippen LogP contribution in [0.1, 0.15) is 28.4 Å². The second kappa shape index (κ2) is 3.61. The number of carbonyl (C=O) groups excluding carboxylic acids is 1. The van der Waals surface area contributed by atoms with Gasteiger partial charge < -0.3 is 10.3 Å². The first-order valence-electron chi connectivity index (χ1n) is 4.50. The maximum atomic E-state index is 11.5. The van der Waals surface area contributed by atoms with Gasteiger partial charge in [-0.15, -0.1) is 6.58 Å². The minimum absolute atomic E-state index is 0.00209. The van der Waals surface area contributed by atoms with Crippen LogP contribution in [0.2, 0.25) is 0 Å². The average Bonchev–Trinajstić information content (AvgIpc) is 2.53. The highest BCUT2D eigenvalue weighted by Gasteiger charge is 2.26. The molecule has 0 unspecified atom stereocenters. The van der Waals surface area contributed by atoms with Crippen molar-refractivity contribution in [2.45, 2.75) is 12.3 Å². The fourth-order valence-electron chi connectivity index (χ4n) is 1.76. The van der Waals surface area contributed by atoms with Crippen LogP contribution >= 0.6 is 15.9 Å². The molecule has 74 valence electrons. The molecule has 14 heavy (non-hydrogen) atoms. The van der Waals surface area contributed by atoms with Crippen LogP contribution in [0.25, 0.3) is 0 Å². The summed E-state index contributed by atoms with van der Waals surface area (Å²) in [6.45, 7) is 4.40. The Hall–Kier alpha value is -1.03. The third kappa shape index (κ3) is 1.50. The van der Waals surface area contributed by atoms with Crippen LogP contribution < -0.4 is 5.32 Å². The van der Waals surface area contributed by atoms with Gasteiger partial charge in [-0.2, -0.15) is 0 Å². The number of carbonyl (C=O) groups is 1. The van der Waals surface area contributed by atoms with E-state index >= 15 is 0 Å². The Labute approximate surface area is 90.7 Å². The molecular weight excluding hydrogens is 244 g/mol. The van der Waals surface area contributed by atoms with Crippen molar-refractivity contribution >= 4 is 21.8 Å². The third-order valence-electron chi connectivity index (χ3n) is 2.43. The maximum absolute atomic E-state index is 11.5. The zero-order chi connectivity index (χ0) is 10.1. The summed E-state index contributed by atoms with van der Waals surface area (Å²) in [5, 5.41) is 2.86. The molecule has 1 amide bonds. The van der Waals surface area contributed by atoms with Crippen LogP contribution in [0, 0.1) is 0 Å². The van der Waals surface area contributed by atoms with Crippen molar-refractivity contribution in [1.29, 1.82) is 0 Å². The van der Waals surface area contributed by atoms with Gasteiger partial charge in [-0.1, -0.05) is 6.08 Å². The molecule has 0 fully saturated rings. The van der Waals surface area contributed by atoms with Crippen molar-refractivity contribution < 1.29 is 4.79 Å². The molecule has 0 saturated heterocycles. The summed E-state index contributed by atoms with van der Waals surface area (Å²) in [5.41, 5.74) is 1.76. The van der Waals surface area contributed by atoms with E-state index in [1.165, 1.54) is 0 Å². The highest BCUT2D eigenvalue weighted by atomic mass is 79.9. The van der Waals surface area contributed by atoms with Crippen molar-refractivity contribution in [3.63, 3.8) is 0 Å². The smallest absolute Gasteiger partial charge is 0.253 e. The molecule has 2 rings (SSSR count). The van der Waals surface area contributed by atoms with E-state index in [0.717, 1.165) is 22.3 Å². The molecule has 0 saturated carbocycles. The van der Waals surface area contributed by atoms with Gasteiger partial charge >= 0.3 is 0 Å². The summed E-state index contributed by atoms with van der Waals surface area (Å²) in [7, 11) is 0. The molecule has 0 bridgehead atoms. The zero-order valence-corrected chi connectivity index (χ0v) is 9.23. The van der Waals surface area contributed by atoms with Gasteiger partial charge in [-0.05, 0) is 28.4 Å². The van der Waals surface area contributed by atoms with Crippen LogP contribution in [-0.4, -0.2) is 17.4 Å². The Balaban J connectivity index is 2.40. The van der Waals surface area contributed by atoms with Gasteiger partial charge in [0.2, 0.25) is 0 Å². The first-order chi connectivity index (χ1) is 6.72. The van der Waals surface area contributed by atoms with Gasteiger partial charge in [0.25, 0.3) is 5.91 Å². The number of hydrogen-bond acceptors (Lipinski definition) is 1. The number of aromatic amines is 1. The summed E-state index contributed by atoms with van der Waals surface area (Å²) >= 11 is 3.34. The molecule has 0 spiro atoms. The maximum Gasteiger partial charge on any atom is 0.253 e. The van der Waals surface area contributed by atoms with Crippen molar-refractivity contribution in [2.24, 2.45) is 0 Å². The number of rotatable bonds is 2. The monoisotopic (exact) mass is 254 g/mol. The van der Waals surface area contributed by atoms with E-state index in [9.17, 15) is 4.79 Å². The van der Waals surface area contributed by atoms with Crippen molar-refractivity contribution in [3.8, 4) is 0 Å². The van der Waals surface area contributed by atoms with Crippen LogP contribution in [0.3, 0.4) is 0 Å². The number of aromatic nitrogens is 1. The van der Waals surface area contributed by atoms with E-state index in [2.05, 4.69) is 32.8 Å². The minimum atomic E-state index is 0.00209. The Bertz CT molecular complexity index is 383. The van der Waals surface area contributed by atoms with Gasteiger partial charge in [0.1, 0.15) is 0 Å². The number of fused-ring (bicyclic) bond motifs is 1. The largest absolute Gasteiger partial charge is 0.352 e. The van der Waals surface area contributed by atoms with Crippen LogP contribution in [0.5, 0.6) is 0 Å². The second-order valence-electron chi connectivity index (χ2n) is 3.38.